The lowest BCUT2D eigenvalue weighted by Crippen LogP contribution is -2.38. The molecule has 1 aromatic rings. The first-order chi connectivity index (χ1) is 13.7. The number of hydrogen-bond acceptors (Lipinski definition) is 4. The van der Waals surface area contributed by atoms with Gasteiger partial charge in [-0.2, -0.15) is 0 Å². The fraction of sp³-hybridized carbons (Fsp3) is 0.667. The van der Waals surface area contributed by atoms with E-state index in [9.17, 15) is 4.79 Å². The summed E-state index contributed by atoms with van der Waals surface area (Å²) in [6.07, 6.45) is 8.06. The molecule has 156 valence electrons. The molecule has 2 rings (SSSR count). The van der Waals surface area contributed by atoms with Gasteiger partial charge in [0, 0.05) is 38.4 Å². The van der Waals surface area contributed by atoms with Crippen molar-refractivity contribution in [2.75, 3.05) is 31.6 Å². The monoisotopic (exact) mass is 389 g/mol. The number of carbonyl (C=O) groups is 1. The molecule has 1 aliphatic rings. The van der Waals surface area contributed by atoms with Crippen LogP contribution >= 0.6 is 0 Å². The zero-order chi connectivity index (χ0) is 20.0. The maximum atomic E-state index is 12.0. The highest BCUT2D eigenvalue weighted by molar-refractivity contribution is 5.90. The summed E-state index contributed by atoms with van der Waals surface area (Å²) < 4.78 is 5.93. The summed E-state index contributed by atoms with van der Waals surface area (Å²) in [6.45, 7) is 6.70. The normalized spacial score (nSPS) is 15.3. The fourth-order valence-corrected chi connectivity index (χ4v) is 3.19. The van der Waals surface area contributed by atoms with Crippen LogP contribution in [0.5, 0.6) is 0 Å². The smallest absolute Gasteiger partial charge is 0.227 e. The van der Waals surface area contributed by atoms with Crippen LogP contribution in [0.25, 0.3) is 0 Å². The lowest BCUT2D eigenvalue weighted by Gasteiger charge is -2.21. The molecule has 28 heavy (non-hydrogen) atoms. The van der Waals surface area contributed by atoms with Gasteiger partial charge < -0.3 is 20.7 Å². The first-order valence-corrected chi connectivity index (χ1v) is 10.5. The van der Waals surface area contributed by atoms with Crippen LogP contribution in [-0.4, -0.2) is 49.2 Å². The van der Waals surface area contributed by atoms with Gasteiger partial charge in [-0.3, -0.25) is 9.79 Å². The fourth-order valence-electron chi connectivity index (χ4n) is 3.19. The van der Waals surface area contributed by atoms with E-state index in [-0.39, 0.29) is 5.91 Å². The maximum Gasteiger partial charge on any atom is 0.227 e. The van der Waals surface area contributed by atoms with Crippen LogP contribution in [0.15, 0.2) is 23.2 Å². The van der Waals surface area contributed by atoms with Crippen molar-refractivity contribution in [3.05, 3.63) is 23.9 Å². The SMILES string of the molecule is CCNC(=NCCCOC1CCCCC1)NCCC(=O)Nc1cccc(C)n1. The summed E-state index contributed by atoms with van der Waals surface area (Å²) >= 11 is 0. The zero-order valence-electron chi connectivity index (χ0n) is 17.3. The number of hydrogen-bond donors (Lipinski definition) is 3. The molecule has 3 N–H and O–H groups in total. The van der Waals surface area contributed by atoms with Crippen LogP contribution in [0.4, 0.5) is 5.82 Å². The molecule has 0 aliphatic heterocycles. The summed E-state index contributed by atoms with van der Waals surface area (Å²) in [4.78, 5) is 20.9. The molecule has 0 spiro atoms. The van der Waals surface area contributed by atoms with E-state index < -0.39 is 0 Å². The molecule has 0 unspecified atom stereocenters. The number of anilines is 1. The number of ether oxygens (including phenoxy) is 1. The largest absolute Gasteiger partial charge is 0.378 e. The lowest BCUT2D eigenvalue weighted by molar-refractivity contribution is -0.116. The van der Waals surface area contributed by atoms with Gasteiger partial charge in [0.15, 0.2) is 5.96 Å². The Kier molecular flexibility index (Phi) is 10.4. The third kappa shape index (κ3) is 9.17. The van der Waals surface area contributed by atoms with E-state index in [1.165, 1.54) is 32.1 Å². The van der Waals surface area contributed by atoms with Crippen molar-refractivity contribution in [1.29, 1.82) is 0 Å². The average molecular weight is 390 g/mol. The van der Waals surface area contributed by atoms with Gasteiger partial charge in [-0.25, -0.2) is 4.98 Å². The van der Waals surface area contributed by atoms with Gasteiger partial charge in [-0.15, -0.1) is 0 Å². The molecule has 0 aromatic carbocycles. The third-order valence-corrected chi connectivity index (χ3v) is 4.62. The van der Waals surface area contributed by atoms with E-state index in [1.54, 1.807) is 6.07 Å². The molecule has 1 aliphatic carbocycles. The van der Waals surface area contributed by atoms with Crippen LogP contribution in [0, 0.1) is 6.92 Å². The Hall–Kier alpha value is -2.15. The highest BCUT2D eigenvalue weighted by Crippen LogP contribution is 2.20. The summed E-state index contributed by atoms with van der Waals surface area (Å²) in [5, 5.41) is 9.23. The minimum Gasteiger partial charge on any atom is -0.378 e. The first kappa shape index (κ1) is 22.1. The van der Waals surface area contributed by atoms with Crippen LogP contribution in [0.1, 0.15) is 57.6 Å². The number of aliphatic imine (C=N–C) groups is 1. The van der Waals surface area contributed by atoms with E-state index in [0.29, 0.717) is 31.4 Å². The highest BCUT2D eigenvalue weighted by atomic mass is 16.5. The minimum atomic E-state index is -0.0673. The first-order valence-electron chi connectivity index (χ1n) is 10.5. The molecule has 0 saturated heterocycles. The van der Waals surface area contributed by atoms with Crippen LogP contribution in [0.3, 0.4) is 0 Å². The number of nitrogens with one attached hydrogen (secondary N) is 3. The van der Waals surface area contributed by atoms with Crippen molar-refractivity contribution in [2.24, 2.45) is 4.99 Å². The number of guanidine groups is 1. The minimum absolute atomic E-state index is 0.0673. The van der Waals surface area contributed by atoms with Crippen molar-refractivity contribution in [3.8, 4) is 0 Å². The molecule has 0 radical (unpaired) electrons. The Bertz CT molecular complexity index is 615. The Morgan fingerprint density at radius 2 is 2.07 bits per heavy atom. The number of rotatable bonds is 10. The lowest BCUT2D eigenvalue weighted by atomic mass is 9.98. The summed E-state index contributed by atoms with van der Waals surface area (Å²) in [6, 6.07) is 5.57. The highest BCUT2D eigenvalue weighted by Gasteiger charge is 2.12. The summed E-state index contributed by atoms with van der Waals surface area (Å²) in [5.74, 6) is 1.26. The standard InChI is InChI=1S/C21H35N5O2/c1-3-22-21(23-14-8-16-28-18-10-5-4-6-11-18)24-15-13-20(27)26-19-12-7-9-17(2)25-19/h7,9,12,18H,3-6,8,10-11,13-16H2,1-2H3,(H2,22,23,24)(H,25,26,27). The Balaban J connectivity index is 1.62. The van der Waals surface area contributed by atoms with Crippen LogP contribution in [-0.2, 0) is 9.53 Å². The molecule has 7 heteroatoms. The molecule has 1 heterocycles. The molecular weight excluding hydrogens is 354 g/mol. The zero-order valence-corrected chi connectivity index (χ0v) is 17.3. The number of carbonyl (C=O) groups excluding carboxylic acids is 1. The second-order valence-electron chi connectivity index (χ2n) is 7.13. The van der Waals surface area contributed by atoms with E-state index in [0.717, 1.165) is 31.2 Å². The van der Waals surface area contributed by atoms with Gasteiger partial charge in [0.25, 0.3) is 0 Å². The molecule has 0 bridgehead atoms. The molecule has 1 aromatic heterocycles. The molecule has 1 saturated carbocycles. The van der Waals surface area contributed by atoms with Crippen molar-refractivity contribution < 1.29 is 9.53 Å². The van der Waals surface area contributed by atoms with E-state index in [2.05, 4.69) is 25.9 Å². The van der Waals surface area contributed by atoms with E-state index >= 15 is 0 Å². The predicted octanol–water partition coefficient (Wildman–Crippen LogP) is 3.01. The Labute approximate surface area is 168 Å². The number of pyridine rings is 1. The number of nitrogens with zero attached hydrogens (tertiary/aromatic N) is 2. The van der Waals surface area contributed by atoms with Gasteiger partial charge >= 0.3 is 0 Å². The average Bonchev–Trinajstić information content (AvgIpc) is 2.68. The predicted molar refractivity (Wildman–Crippen MR) is 114 cm³/mol. The summed E-state index contributed by atoms with van der Waals surface area (Å²) in [5.41, 5.74) is 0.880. The van der Waals surface area contributed by atoms with Gasteiger partial charge in [-0.1, -0.05) is 25.3 Å². The maximum absolute atomic E-state index is 12.0. The third-order valence-electron chi connectivity index (χ3n) is 4.62. The Morgan fingerprint density at radius 1 is 1.25 bits per heavy atom. The van der Waals surface area contributed by atoms with Crippen molar-refractivity contribution in [3.63, 3.8) is 0 Å². The molecular formula is C21H35N5O2. The number of aryl methyl sites for hydroxylation is 1. The molecule has 1 fully saturated rings. The van der Waals surface area contributed by atoms with Crippen LogP contribution < -0.4 is 16.0 Å². The van der Waals surface area contributed by atoms with Gasteiger partial charge in [0.2, 0.25) is 5.91 Å². The molecule has 0 atom stereocenters. The van der Waals surface area contributed by atoms with Crippen molar-refractivity contribution in [1.82, 2.24) is 15.6 Å². The van der Waals surface area contributed by atoms with E-state index in [4.69, 9.17) is 4.74 Å². The second kappa shape index (κ2) is 13.1. The molecule has 1 amide bonds. The van der Waals surface area contributed by atoms with Gasteiger partial charge in [0.1, 0.15) is 5.82 Å². The van der Waals surface area contributed by atoms with Crippen molar-refractivity contribution in [2.45, 2.75) is 64.9 Å². The van der Waals surface area contributed by atoms with Crippen molar-refractivity contribution >= 4 is 17.7 Å². The number of aromatic nitrogens is 1. The Morgan fingerprint density at radius 3 is 2.82 bits per heavy atom. The van der Waals surface area contributed by atoms with Gasteiger partial charge in [-0.05, 0) is 45.2 Å². The quantitative estimate of drug-likeness (QED) is 0.325. The molecule has 7 nitrogen and oxygen atoms in total. The van der Waals surface area contributed by atoms with Crippen LogP contribution in [0.2, 0.25) is 0 Å². The second-order valence-corrected chi connectivity index (χ2v) is 7.13. The topological polar surface area (TPSA) is 87.6 Å². The summed E-state index contributed by atoms with van der Waals surface area (Å²) in [7, 11) is 0. The number of amides is 1. The van der Waals surface area contributed by atoms with Gasteiger partial charge in [0.05, 0.1) is 6.10 Å². The van der Waals surface area contributed by atoms with E-state index in [1.807, 2.05) is 26.0 Å².